The Bertz CT molecular complexity index is 916. The standard InChI is InChI=1S/C32H45NO.2ClH.Zr/c1-25-18-20-30(21-19-25)33-24-29-22-28(26-14-12-9-13-15-26)23-31(32(29)34)27-16-10-7-5-3-2-4-6-8-11-17-27;;;/h9,12-15,22-25,27,30,34H,2-8,10-11,16-21H2,1H3;2*1H;/q;;;+2/p-2. The number of halogens is 2. The van der Waals surface area contributed by atoms with Crippen LogP contribution in [0.15, 0.2) is 47.5 Å². The monoisotopic (exact) mass is 619 g/mol. The summed E-state index contributed by atoms with van der Waals surface area (Å²) in [6.45, 7) is 2.35. The van der Waals surface area contributed by atoms with Gasteiger partial charge in [-0.1, -0.05) is 95.0 Å². The van der Waals surface area contributed by atoms with E-state index in [2.05, 4.69) is 49.4 Å². The zero-order valence-corrected chi connectivity index (χ0v) is 26.6. The van der Waals surface area contributed by atoms with Crippen LogP contribution in [0.2, 0.25) is 0 Å². The summed E-state index contributed by atoms with van der Waals surface area (Å²) in [4.78, 5) is 4.97. The molecule has 5 heteroatoms. The maximum absolute atomic E-state index is 11.5. The molecule has 2 aliphatic rings. The van der Waals surface area contributed by atoms with E-state index < -0.39 is 20.8 Å². The van der Waals surface area contributed by atoms with Crippen LogP contribution in [0.1, 0.15) is 120 Å². The first-order chi connectivity index (χ1) is 18.1. The van der Waals surface area contributed by atoms with Gasteiger partial charge in [-0.2, -0.15) is 0 Å². The molecule has 2 aliphatic carbocycles. The molecule has 0 bridgehead atoms. The Hall–Kier alpha value is -0.627. The van der Waals surface area contributed by atoms with Crippen molar-refractivity contribution in [1.29, 1.82) is 0 Å². The van der Waals surface area contributed by atoms with Crippen molar-refractivity contribution in [3.05, 3.63) is 53.6 Å². The molecular formula is C32H45Cl2NOZr. The van der Waals surface area contributed by atoms with Gasteiger partial charge >= 0.3 is 37.9 Å². The Morgan fingerprint density at radius 3 is 1.86 bits per heavy atom. The molecule has 0 atom stereocenters. The molecule has 4 rings (SSSR count). The molecule has 0 radical (unpaired) electrons. The molecule has 2 aromatic rings. The van der Waals surface area contributed by atoms with E-state index in [1.165, 1.54) is 107 Å². The van der Waals surface area contributed by atoms with Gasteiger partial charge in [0.1, 0.15) is 5.75 Å². The van der Waals surface area contributed by atoms with Gasteiger partial charge in [0.25, 0.3) is 0 Å². The van der Waals surface area contributed by atoms with Gasteiger partial charge in [-0.15, -0.1) is 0 Å². The predicted octanol–water partition coefficient (Wildman–Crippen LogP) is 10.8. The number of nitrogens with zero attached hydrogens (tertiary/aromatic N) is 1. The Balaban J connectivity index is 0.00000121. The van der Waals surface area contributed by atoms with Crippen molar-refractivity contribution >= 4 is 23.2 Å². The van der Waals surface area contributed by atoms with E-state index in [-0.39, 0.29) is 0 Å². The summed E-state index contributed by atoms with van der Waals surface area (Å²) in [5, 5.41) is 11.5. The van der Waals surface area contributed by atoms with Crippen molar-refractivity contribution in [2.75, 3.05) is 0 Å². The number of rotatable bonds is 4. The Morgan fingerprint density at radius 1 is 0.757 bits per heavy atom. The Labute approximate surface area is 244 Å². The molecule has 0 unspecified atom stereocenters. The second kappa shape index (κ2) is 17.9. The van der Waals surface area contributed by atoms with Crippen molar-refractivity contribution in [2.24, 2.45) is 10.9 Å². The Morgan fingerprint density at radius 2 is 1.30 bits per heavy atom. The van der Waals surface area contributed by atoms with Gasteiger partial charge in [0.05, 0.1) is 0 Å². The zero-order chi connectivity index (χ0) is 26.3. The van der Waals surface area contributed by atoms with Crippen LogP contribution < -0.4 is 0 Å². The number of phenolic OH excluding ortho intramolecular Hbond substituents is 1. The molecule has 202 valence electrons. The third-order valence-electron chi connectivity index (χ3n) is 8.23. The molecule has 0 spiro atoms. The van der Waals surface area contributed by atoms with E-state index in [9.17, 15) is 5.11 Å². The Kier molecular flexibility index (Phi) is 14.9. The van der Waals surface area contributed by atoms with Crippen molar-refractivity contribution in [1.82, 2.24) is 0 Å². The summed E-state index contributed by atoms with van der Waals surface area (Å²) in [5.74, 6) is 1.74. The molecule has 2 nitrogen and oxygen atoms in total. The van der Waals surface area contributed by atoms with Crippen LogP contribution in [0.3, 0.4) is 0 Å². The average Bonchev–Trinajstić information content (AvgIpc) is 2.91. The second-order valence-corrected chi connectivity index (χ2v) is 14.8. The second-order valence-electron chi connectivity index (χ2n) is 11.1. The number of aliphatic imine (C=N–C) groups is 1. The van der Waals surface area contributed by atoms with Crippen LogP contribution in [-0.4, -0.2) is 17.4 Å². The molecule has 0 saturated heterocycles. The molecule has 2 saturated carbocycles. The third-order valence-corrected chi connectivity index (χ3v) is 8.23. The van der Waals surface area contributed by atoms with Crippen LogP contribution in [0.25, 0.3) is 11.1 Å². The topological polar surface area (TPSA) is 32.6 Å². The fraction of sp³-hybridized carbons (Fsp3) is 0.594. The quantitative estimate of drug-likeness (QED) is 0.339. The molecule has 0 aromatic heterocycles. The summed E-state index contributed by atoms with van der Waals surface area (Å²) in [5.41, 5.74) is 4.48. The SMILES string of the molecule is CC1CCC(N=Cc2cc(-c3ccccc3)cc(C3CCCCCCCCCCC3)c2O)CC1.[Cl][Zr][Cl]. The van der Waals surface area contributed by atoms with Gasteiger partial charge < -0.3 is 5.11 Å². The molecule has 37 heavy (non-hydrogen) atoms. The van der Waals surface area contributed by atoms with Crippen LogP contribution >= 0.6 is 17.0 Å². The summed E-state index contributed by atoms with van der Waals surface area (Å²) in [6, 6.07) is 15.5. The predicted molar refractivity (Wildman–Crippen MR) is 158 cm³/mol. The maximum atomic E-state index is 11.5. The molecule has 1 N–H and O–H groups in total. The molecular weight excluding hydrogens is 576 g/mol. The molecule has 2 fully saturated rings. The fourth-order valence-electron chi connectivity index (χ4n) is 5.94. The minimum atomic E-state index is -0.826. The van der Waals surface area contributed by atoms with E-state index in [1.807, 2.05) is 6.21 Å². The van der Waals surface area contributed by atoms with Crippen molar-refractivity contribution < 1.29 is 26.0 Å². The van der Waals surface area contributed by atoms with E-state index in [1.54, 1.807) is 0 Å². The first kappa shape index (κ1) is 30.9. The minimum absolute atomic E-state index is 0.403. The summed E-state index contributed by atoms with van der Waals surface area (Å²) < 4.78 is 0. The first-order valence-electron chi connectivity index (χ1n) is 14.5. The van der Waals surface area contributed by atoms with Gasteiger partial charge in [0.2, 0.25) is 0 Å². The van der Waals surface area contributed by atoms with E-state index >= 15 is 0 Å². The van der Waals surface area contributed by atoms with Gasteiger partial charge in [-0.25, -0.2) is 0 Å². The number of benzene rings is 2. The summed E-state index contributed by atoms with van der Waals surface area (Å²) in [6.07, 6.45) is 21.3. The fourth-order valence-corrected chi connectivity index (χ4v) is 5.94. The van der Waals surface area contributed by atoms with Crippen LogP contribution in [0.4, 0.5) is 0 Å². The van der Waals surface area contributed by atoms with Crippen molar-refractivity contribution in [2.45, 2.75) is 115 Å². The number of phenols is 1. The third kappa shape index (κ3) is 10.8. The van der Waals surface area contributed by atoms with Crippen LogP contribution in [0.5, 0.6) is 5.75 Å². The summed E-state index contributed by atoms with van der Waals surface area (Å²) >= 11 is -0.826. The van der Waals surface area contributed by atoms with Crippen LogP contribution in [0, 0.1) is 5.92 Å². The van der Waals surface area contributed by atoms with Gasteiger partial charge in [-0.05, 0) is 79.2 Å². The number of hydrogen-bond acceptors (Lipinski definition) is 2. The normalized spacial score (nSPS) is 22.4. The van der Waals surface area contributed by atoms with Gasteiger partial charge in [0.15, 0.2) is 0 Å². The number of hydrogen-bond donors (Lipinski definition) is 1. The van der Waals surface area contributed by atoms with Gasteiger partial charge in [0, 0.05) is 17.8 Å². The van der Waals surface area contributed by atoms with Crippen molar-refractivity contribution in [3.8, 4) is 16.9 Å². The van der Waals surface area contributed by atoms with E-state index in [0.29, 0.717) is 17.7 Å². The first-order valence-corrected chi connectivity index (χ1v) is 20.9. The van der Waals surface area contributed by atoms with E-state index in [4.69, 9.17) is 22.0 Å². The van der Waals surface area contributed by atoms with E-state index in [0.717, 1.165) is 17.0 Å². The molecule has 0 amide bonds. The summed E-state index contributed by atoms with van der Waals surface area (Å²) in [7, 11) is 9.87. The average molecular weight is 622 g/mol. The molecule has 2 aromatic carbocycles. The van der Waals surface area contributed by atoms with Gasteiger partial charge in [-0.3, -0.25) is 4.99 Å². The molecule has 0 aliphatic heterocycles. The van der Waals surface area contributed by atoms with Crippen molar-refractivity contribution in [3.63, 3.8) is 0 Å². The number of aromatic hydroxyl groups is 1. The molecule has 0 heterocycles. The zero-order valence-electron chi connectivity index (χ0n) is 22.6. The van der Waals surface area contributed by atoms with Crippen LogP contribution in [-0.2, 0) is 20.8 Å².